The van der Waals surface area contributed by atoms with Crippen LogP contribution >= 0.6 is 11.6 Å². The number of ether oxygens (including phenoxy) is 2. The Morgan fingerprint density at radius 3 is 2.06 bits per heavy atom. The molecule has 0 unspecified atom stereocenters. The zero-order chi connectivity index (χ0) is 12.6. The van der Waals surface area contributed by atoms with E-state index in [1.807, 2.05) is 27.7 Å². The van der Waals surface area contributed by atoms with E-state index in [9.17, 15) is 4.79 Å². The molecule has 0 aliphatic carbocycles. The Bertz CT molecular complexity index is 194. The first-order valence-electron chi connectivity index (χ1n) is 5.65. The summed E-state index contributed by atoms with van der Waals surface area (Å²) < 4.78 is 10.8. The van der Waals surface area contributed by atoms with Crippen LogP contribution in [0, 0.1) is 0 Å². The molecule has 0 radical (unpaired) electrons. The topological polar surface area (TPSA) is 38.8 Å². The number of carbonyl (C=O) groups is 1. The molecule has 4 nitrogen and oxygen atoms in total. The third-order valence-corrected chi connectivity index (χ3v) is 2.34. The van der Waals surface area contributed by atoms with Gasteiger partial charge in [-0.05, 0) is 27.7 Å². The fraction of sp³-hybridized carbons (Fsp3) is 0.909. The summed E-state index contributed by atoms with van der Waals surface area (Å²) in [4.78, 5) is 13.2. The van der Waals surface area contributed by atoms with E-state index in [0.29, 0.717) is 19.8 Å². The summed E-state index contributed by atoms with van der Waals surface area (Å²) in [6, 6.07) is 0.0923. The lowest BCUT2D eigenvalue weighted by molar-refractivity contribution is -0.160. The molecule has 96 valence electrons. The highest BCUT2D eigenvalue weighted by molar-refractivity contribution is 6.27. The van der Waals surface area contributed by atoms with Gasteiger partial charge >= 0.3 is 0 Å². The number of halogens is 1. The van der Waals surface area contributed by atoms with Gasteiger partial charge in [-0.25, -0.2) is 0 Å². The number of hydrogen-bond donors (Lipinski definition) is 0. The Kier molecular flexibility index (Phi) is 8.61. The fourth-order valence-electron chi connectivity index (χ4n) is 1.36. The molecule has 16 heavy (non-hydrogen) atoms. The molecule has 0 N–H and O–H groups in total. The second-order valence-electron chi connectivity index (χ2n) is 3.61. The number of alkyl halides is 1. The van der Waals surface area contributed by atoms with Crippen LogP contribution in [-0.2, 0) is 14.3 Å². The van der Waals surface area contributed by atoms with Gasteiger partial charge in [-0.2, -0.15) is 0 Å². The van der Waals surface area contributed by atoms with Crippen molar-refractivity contribution in [3.8, 4) is 0 Å². The number of carbonyl (C=O) groups excluding carboxylic acids is 1. The molecule has 0 aliphatic heterocycles. The highest BCUT2D eigenvalue weighted by Gasteiger charge is 2.21. The van der Waals surface area contributed by atoms with Gasteiger partial charge in [-0.1, -0.05) is 0 Å². The zero-order valence-corrected chi connectivity index (χ0v) is 11.3. The first-order chi connectivity index (χ1) is 7.56. The summed E-state index contributed by atoms with van der Waals surface area (Å²) in [6.45, 7) is 9.23. The van der Waals surface area contributed by atoms with Crippen LogP contribution in [0.2, 0.25) is 0 Å². The molecular weight excluding hydrogens is 230 g/mol. The molecule has 0 aliphatic rings. The van der Waals surface area contributed by atoms with Crippen LogP contribution in [0.5, 0.6) is 0 Å². The predicted molar refractivity (Wildman–Crippen MR) is 64.6 cm³/mol. The van der Waals surface area contributed by atoms with Crippen LogP contribution in [-0.4, -0.2) is 48.8 Å². The molecule has 0 aromatic heterocycles. The minimum absolute atomic E-state index is 0.0108. The van der Waals surface area contributed by atoms with E-state index in [-0.39, 0.29) is 24.1 Å². The molecule has 0 aromatic rings. The average molecular weight is 252 g/mol. The maximum atomic E-state index is 11.6. The monoisotopic (exact) mass is 251 g/mol. The first-order valence-corrected chi connectivity index (χ1v) is 6.18. The van der Waals surface area contributed by atoms with Gasteiger partial charge in [0.1, 0.15) is 5.88 Å². The maximum absolute atomic E-state index is 11.6. The molecule has 0 atom stereocenters. The molecule has 0 spiro atoms. The number of hydrogen-bond acceptors (Lipinski definition) is 3. The molecule has 0 saturated heterocycles. The van der Waals surface area contributed by atoms with Crippen molar-refractivity contribution in [1.29, 1.82) is 0 Å². The van der Waals surface area contributed by atoms with Crippen LogP contribution in [0.4, 0.5) is 0 Å². The van der Waals surface area contributed by atoms with E-state index in [0.717, 1.165) is 0 Å². The standard InChI is InChI=1S/C11H22ClNO3/c1-5-15-11(16-6-2)8-13(9(3)4)10(14)7-12/h9,11H,5-8H2,1-4H3. The Hall–Kier alpha value is -0.320. The van der Waals surface area contributed by atoms with Gasteiger partial charge < -0.3 is 14.4 Å². The quantitative estimate of drug-likeness (QED) is 0.488. The molecular formula is C11H22ClNO3. The van der Waals surface area contributed by atoms with Crippen LogP contribution in [0.25, 0.3) is 0 Å². The number of rotatable bonds is 8. The average Bonchev–Trinajstić information content (AvgIpc) is 2.24. The Labute approximate surface area is 103 Å². The highest BCUT2D eigenvalue weighted by atomic mass is 35.5. The summed E-state index contributed by atoms with van der Waals surface area (Å²) in [5.74, 6) is -0.107. The second kappa shape index (κ2) is 8.79. The SMILES string of the molecule is CCOC(CN(C(=O)CCl)C(C)C)OCC. The van der Waals surface area contributed by atoms with Gasteiger partial charge in [-0.3, -0.25) is 4.79 Å². The summed E-state index contributed by atoms with van der Waals surface area (Å²) in [5, 5.41) is 0. The van der Waals surface area contributed by atoms with E-state index in [4.69, 9.17) is 21.1 Å². The van der Waals surface area contributed by atoms with Crippen molar-refractivity contribution < 1.29 is 14.3 Å². The van der Waals surface area contributed by atoms with Crippen LogP contribution in [0.3, 0.4) is 0 Å². The smallest absolute Gasteiger partial charge is 0.237 e. The highest BCUT2D eigenvalue weighted by Crippen LogP contribution is 2.06. The van der Waals surface area contributed by atoms with E-state index in [1.165, 1.54) is 0 Å². The van der Waals surface area contributed by atoms with Crippen molar-refractivity contribution in [3.63, 3.8) is 0 Å². The molecule has 0 heterocycles. The van der Waals surface area contributed by atoms with Crippen molar-refractivity contribution in [2.45, 2.75) is 40.0 Å². The van der Waals surface area contributed by atoms with Crippen molar-refractivity contribution >= 4 is 17.5 Å². The third kappa shape index (κ3) is 5.68. The molecule has 0 saturated carbocycles. The van der Waals surface area contributed by atoms with Gasteiger partial charge in [0.15, 0.2) is 6.29 Å². The minimum Gasteiger partial charge on any atom is -0.351 e. The first kappa shape index (κ1) is 15.7. The zero-order valence-electron chi connectivity index (χ0n) is 10.5. The lowest BCUT2D eigenvalue weighted by atomic mass is 10.3. The van der Waals surface area contributed by atoms with Crippen LogP contribution < -0.4 is 0 Å². The fourth-order valence-corrected chi connectivity index (χ4v) is 1.52. The van der Waals surface area contributed by atoms with Crippen molar-refractivity contribution in [2.75, 3.05) is 25.6 Å². The van der Waals surface area contributed by atoms with Gasteiger partial charge in [0.2, 0.25) is 5.91 Å². The minimum atomic E-state index is -0.371. The second-order valence-corrected chi connectivity index (χ2v) is 3.88. The molecule has 0 bridgehead atoms. The third-order valence-electron chi connectivity index (χ3n) is 2.11. The normalized spacial score (nSPS) is 11.2. The summed E-state index contributed by atoms with van der Waals surface area (Å²) in [7, 11) is 0. The molecule has 1 amide bonds. The molecule has 0 aromatic carbocycles. The largest absolute Gasteiger partial charge is 0.351 e. The van der Waals surface area contributed by atoms with Gasteiger partial charge in [0.05, 0.1) is 6.54 Å². The summed E-state index contributed by atoms with van der Waals surface area (Å²) >= 11 is 5.56. The van der Waals surface area contributed by atoms with Gasteiger partial charge in [0, 0.05) is 19.3 Å². The number of nitrogens with zero attached hydrogens (tertiary/aromatic N) is 1. The molecule has 5 heteroatoms. The van der Waals surface area contributed by atoms with Crippen LogP contribution in [0.15, 0.2) is 0 Å². The van der Waals surface area contributed by atoms with Crippen LogP contribution in [0.1, 0.15) is 27.7 Å². The lowest BCUT2D eigenvalue weighted by Crippen LogP contribution is -2.44. The summed E-state index contributed by atoms with van der Waals surface area (Å²) in [5.41, 5.74) is 0. The van der Waals surface area contributed by atoms with Crippen molar-refractivity contribution in [2.24, 2.45) is 0 Å². The van der Waals surface area contributed by atoms with Crippen molar-refractivity contribution in [1.82, 2.24) is 4.90 Å². The summed E-state index contributed by atoms with van der Waals surface area (Å²) in [6.07, 6.45) is -0.371. The van der Waals surface area contributed by atoms with E-state index in [1.54, 1.807) is 4.90 Å². The number of amides is 1. The maximum Gasteiger partial charge on any atom is 0.237 e. The predicted octanol–water partition coefficient (Wildman–Crippen LogP) is 1.86. The van der Waals surface area contributed by atoms with E-state index >= 15 is 0 Å². The Balaban J connectivity index is 4.38. The van der Waals surface area contributed by atoms with Gasteiger partial charge in [-0.15, -0.1) is 11.6 Å². The van der Waals surface area contributed by atoms with Crippen molar-refractivity contribution in [3.05, 3.63) is 0 Å². The van der Waals surface area contributed by atoms with Gasteiger partial charge in [0.25, 0.3) is 0 Å². The van der Waals surface area contributed by atoms with E-state index < -0.39 is 0 Å². The Morgan fingerprint density at radius 2 is 1.75 bits per heavy atom. The molecule has 0 rings (SSSR count). The molecule has 0 fully saturated rings. The van der Waals surface area contributed by atoms with E-state index in [2.05, 4.69) is 0 Å². The Morgan fingerprint density at radius 1 is 1.25 bits per heavy atom. The lowest BCUT2D eigenvalue weighted by Gasteiger charge is -2.30.